The molecule has 5 nitrogen and oxygen atoms in total. The minimum absolute atomic E-state index is 0.245. The first-order valence-electron chi connectivity index (χ1n) is 7.72. The number of rotatable bonds is 5. The van der Waals surface area contributed by atoms with Crippen molar-refractivity contribution in [2.45, 2.75) is 17.6 Å². The molecule has 0 atom stereocenters. The van der Waals surface area contributed by atoms with Gasteiger partial charge in [0.25, 0.3) is 5.91 Å². The van der Waals surface area contributed by atoms with E-state index >= 15 is 0 Å². The SMILES string of the molecule is Cc1cc(CSc2ccccc2C(=O)Nc2ccc(C#N)c(Cl)c2)no1. The van der Waals surface area contributed by atoms with Crippen LogP contribution >= 0.6 is 23.4 Å². The van der Waals surface area contributed by atoms with Gasteiger partial charge in [-0.05, 0) is 37.3 Å². The molecule has 0 radical (unpaired) electrons. The van der Waals surface area contributed by atoms with Crippen LogP contribution in [0, 0.1) is 18.3 Å². The van der Waals surface area contributed by atoms with E-state index in [9.17, 15) is 4.79 Å². The lowest BCUT2D eigenvalue weighted by molar-refractivity contribution is 0.102. The third kappa shape index (κ3) is 4.26. The highest BCUT2D eigenvalue weighted by atomic mass is 35.5. The van der Waals surface area contributed by atoms with Crippen LogP contribution in [0.25, 0.3) is 0 Å². The van der Waals surface area contributed by atoms with Crippen LogP contribution in [0.2, 0.25) is 5.02 Å². The van der Waals surface area contributed by atoms with Gasteiger partial charge in [0.05, 0.1) is 21.8 Å². The molecular weight excluding hydrogens is 370 g/mol. The fourth-order valence-electron chi connectivity index (χ4n) is 2.30. The highest BCUT2D eigenvalue weighted by molar-refractivity contribution is 7.98. The average molecular weight is 384 g/mol. The predicted molar refractivity (Wildman–Crippen MR) is 101 cm³/mol. The first-order chi connectivity index (χ1) is 12.6. The van der Waals surface area contributed by atoms with Gasteiger partial charge in [0.15, 0.2) is 0 Å². The molecule has 0 aliphatic carbocycles. The minimum atomic E-state index is -0.245. The van der Waals surface area contributed by atoms with Crippen LogP contribution in [-0.2, 0) is 5.75 Å². The number of aromatic nitrogens is 1. The van der Waals surface area contributed by atoms with E-state index in [-0.39, 0.29) is 5.91 Å². The van der Waals surface area contributed by atoms with Gasteiger partial charge >= 0.3 is 0 Å². The van der Waals surface area contributed by atoms with Crippen LogP contribution in [0.4, 0.5) is 5.69 Å². The highest BCUT2D eigenvalue weighted by Crippen LogP contribution is 2.27. The maximum atomic E-state index is 12.6. The summed E-state index contributed by atoms with van der Waals surface area (Å²) in [7, 11) is 0. The van der Waals surface area contributed by atoms with Gasteiger partial charge in [-0.3, -0.25) is 4.79 Å². The van der Waals surface area contributed by atoms with Crippen LogP contribution in [0.1, 0.15) is 27.4 Å². The number of nitrogens with zero attached hydrogens (tertiary/aromatic N) is 2. The molecule has 26 heavy (non-hydrogen) atoms. The number of hydrogen-bond acceptors (Lipinski definition) is 5. The lowest BCUT2D eigenvalue weighted by Gasteiger charge is -2.10. The number of nitriles is 1. The van der Waals surface area contributed by atoms with Crippen molar-refractivity contribution in [1.82, 2.24) is 5.16 Å². The monoisotopic (exact) mass is 383 g/mol. The Morgan fingerprint density at radius 3 is 2.81 bits per heavy atom. The third-order valence-electron chi connectivity index (χ3n) is 3.53. The Balaban J connectivity index is 1.75. The summed E-state index contributed by atoms with van der Waals surface area (Å²) in [5, 5.41) is 16.0. The zero-order valence-corrected chi connectivity index (χ0v) is 15.4. The molecule has 1 amide bonds. The van der Waals surface area contributed by atoms with Crippen molar-refractivity contribution in [3.8, 4) is 6.07 Å². The molecule has 2 aromatic carbocycles. The van der Waals surface area contributed by atoms with Gasteiger partial charge in [0.2, 0.25) is 0 Å². The second-order valence-corrected chi connectivity index (χ2v) is 6.90. The predicted octanol–water partition coefficient (Wildman–Crippen LogP) is 5.05. The van der Waals surface area contributed by atoms with E-state index in [1.54, 1.807) is 24.3 Å². The molecule has 1 aromatic heterocycles. The molecule has 1 heterocycles. The molecule has 0 saturated carbocycles. The maximum Gasteiger partial charge on any atom is 0.256 e. The molecule has 130 valence electrons. The Morgan fingerprint density at radius 2 is 2.12 bits per heavy atom. The second-order valence-electron chi connectivity index (χ2n) is 5.47. The fourth-order valence-corrected chi connectivity index (χ4v) is 3.45. The summed E-state index contributed by atoms with van der Waals surface area (Å²) in [5.74, 6) is 1.11. The Kier molecular flexibility index (Phi) is 5.61. The standard InChI is InChI=1S/C19H14ClN3O2S/c1-12-8-15(23-25-12)11-26-18-5-3-2-4-16(18)19(24)22-14-7-6-13(10-21)17(20)9-14/h2-9H,11H2,1H3,(H,22,24). The van der Waals surface area contributed by atoms with Gasteiger partial charge in [0.1, 0.15) is 11.8 Å². The van der Waals surface area contributed by atoms with Crippen LogP contribution in [0.5, 0.6) is 0 Å². The molecule has 0 aliphatic heterocycles. The summed E-state index contributed by atoms with van der Waals surface area (Å²) >= 11 is 7.53. The average Bonchev–Trinajstić information content (AvgIpc) is 3.05. The molecule has 0 saturated heterocycles. The van der Waals surface area contributed by atoms with Crippen molar-refractivity contribution in [2.75, 3.05) is 5.32 Å². The molecule has 3 aromatic rings. The molecule has 1 N–H and O–H groups in total. The van der Waals surface area contributed by atoms with E-state index in [1.807, 2.05) is 37.3 Å². The number of aryl methyl sites for hydroxylation is 1. The quantitative estimate of drug-likeness (QED) is 0.623. The number of thioether (sulfide) groups is 1. The summed E-state index contributed by atoms with van der Waals surface area (Å²) < 4.78 is 5.06. The number of benzene rings is 2. The number of nitrogens with one attached hydrogen (secondary N) is 1. The van der Waals surface area contributed by atoms with Crippen LogP contribution < -0.4 is 5.32 Å². The molecule has 0 unspecified atom stereocenters. The Bertz CT molecular complexity index is 994. The van der Waals surface area contributed by atoms with Gasteiger partial charge in [-0.25, -0.2) is 0 Å². The Morgan fingerprint density at radius 1 is 1.31 bits per heavy atom. The number of carbonyl (C=O) groups is 1. The number of halogens is 1. The van der Waals surface area contributed by atoms with Crippen molar-refractivity contribution in [3.63, 3.8) is 0 Å². The van der Waals surface area contributed by atoms with E-state index in [2.05, 4.69) is 10.5 Å². The van der Waals surface area contributed by atoms with Gasteiger partial charge in [-0.1, -0.05) is 28.9 Å². The zero-order valence-electron chi connectivity index (χ0n) is 13.8. The Labute approximate surface area is 160 Å². The normalized spacial score (nSPS) is 10.3. The third-order valence-corrected chi connectivity index (χ3v) is 4.95. The maximum absolute atomic E-state index is 12.6. The van der Waals surface area contributed by atoms with Crippen molar-refractivity contribution in [2.24, 2.45) is 0 Å². The van der Waals surface area contributed by atoms with E-state index in [1.165, 1.54) is 11.8 Å². The lowest BCUT2D eigenvalue weighted by Crippen LogP contribution is -2.13. The van der Waals surface area contributed by atoms with Gasteiger partial charge in [-0.2, -0.15) is 5.26 Å². The van der Waals surface area contributed by atoms with Gasteiger partial charge in [0, 0.05) is 22.4 Å². The second kappa shape index (κ2) is 8.09. The van der Waals surface area contributed by atoms with Crippen molar-refractivity contribution >= 4 is 35.0 Å². The molecule has 7 heteroatoms. The summed E-state index contributed by atoms with van der Waals surface area (Å²) in [6.07, 6.45) is 0. The summed E-state index contributed by atoms with van der Waals surface area (Å²) in [6, 6.07) is 16.0. The number of anilines is 1. The van der Waals surface area contributed by atoms with E-state index in [4.69, 9.17) is 21.4 Å². The van der Waals surface area contributed by atoms with Crippen LogP contribution in [0.15, 0.2) is 57.9 Å². The van der Waals surface area contributed by atoms with E-state index in [0.717, 1.165) is 16.3 Å². The van der Waals surface area contributed by atoms with Crippen LogP contribution in [0.3, 0.4) is 0 Å². The molecule has 0 fully saturated rings. The smallest absolute Gasteiger partial charge is 0.256 e. The molecular formula is C19H14ClN3O2S. The molecule has 0 spiro atoms. The first kappa shape index (κ1) is 18.1. The van der Waals surface area contributed by atoms with E-state index in [0.29, 0.717) is 27.6 Å². The van der Waals surface area contributed by atoms with Crippen molar-refractivity contribution in [3.05, 3.63) is 76.1 Å². The molecule has 0 aliphatic rings. The van der Waals surface area contributed by atoms with E-state index < -0.39 is 0 Å². The summed E-state index contributed by atoms with van der Waals surface area (Å²) in [5.41, 5.74) is 2.27. The topological polar surface area (TPSA) is 78.9 Å². The number of hydrogen-bond donors (Lipinski definition) is 1. The van der Waals surface area contributed by atoms with Gasteiger partial charge < -0.3 is 9.84 Å². The minimum Gasteiger partial charge on any atom is -0.361 e. The van der Waals surface area contributed by atoms with Crippen molar-refractivity contribution in [1.29, 1.82) is 5.26 Å². The summed E-state index contributed by atoms with van der Waals surface area (Å²) in [4.78, 5) is 13.5. The highest BCUT2D eigenvalue weighted by Gasteiger charge is 2.13. The lowest BCUT2D eigenvalue weighted by atomic mass is 10.2. The first-order valence-corrected chi connectivity index (χ1v) is 9.08. The number of amides is 1. The summed E-state index contributed by atoms with van der Waals surface area (Å²) in [6.45, 7) is 1.84. The number of carbonyl (C=O) groups excluding carboxylic acids is 1. The molecule has 3 rings (SSSR count). The van der Waals surface area contributed by atoms with Crippen LogP contribution in [-0.4, -0.2) is 11.1 Å². The zero-order chi connectivity index (χ0) is 18.5. The Hall–Kier alpha value is -2.75. The fraction of sp³-hybridized carbons (Fsp3) is 0.105. The van der Waals surface area contributed by atoms with Crippen molar-refractivity contribution < 1.29 is 9.32 Å². The van der Waals surface area contributed by atoms with Gasteiger partial charge in [-0.15, -0.1) is 11.8 Å². The molecule has 0 bridgehead atoms. The largest absolute Gasteiger partial charge is 0.361 e.